The first-order valence-electron chi connectivity index (χ1n) is 7.41. The SMILES string of the molecule is CCCCCC(NCC)c1cc(C)c(C)cc1C. The van der Waals surface area contributed by atoms with Gasteiger partial charge in [0.1, 0.15) is 0 Å². The van der Waals surface area contributed by atoms with E-state index in [-0.39, 0.29) is 0 Å². The lowest BCUT2D eigenvalue weighted by Crippen LogP contribution is -2.22. The summed E-state index contributed by atoms with van der Waals surface area (Å²) < 4.78 is 0. The van der Waals surface area contributed by atoms with E-state index in [1.807, 2.05) is 0 Å². The fourth-order valence-corrected chi connectivity index (χ4v) is 2.57. The second kappa shape index (κ2) is 7.58. The van der Waals surface area contributed by atoms with Crippen LogP contribution in [-0.2, 0) is 0 Å². The van der Waals surface area contributed by atoms with Crippen molar-refractivity contribution in [1.82, 2.24) is 5.32 Å². The number of aryl methyl sites for hydroxylation is 3. The first-order valence-corrected chi connectivity index (χ1v) is 7.41. The van der Waals surface area contributed by atoms with Gasteiger partial charge in [0.05, 0.1) is 0 Å². The maximum absolute atomic E-state index is 3.65. The van der Waals surface area contributed by atoms with Gasteiger partial charge in [0.15, 0.2) is 0 Å². The maximum Gasteiger partial charge on any atom is 0.0322 e. The molecule has 0 aliphatic carbocycles. The molecule has 1 aromatic carbocycles. The van der Waals surface area contributed by atoms with Crippen LogP contribution in [0.2, 0.25) is 0 Å². The number of unbranched alkanes of at least 4 members (excludes halogenated alkanes) is 2. The van der Waals surface area contributed by atoms with Gasteiger partial charge in [0, 0.05) is 6.04 Å². The van der Waals surface area contributed by atoms with E-state index in [4.69, 9.17) is 0 Å². The Balaban J connectivity index is 2.87. The fourth-order valence-electron chi connectivity index (χ4n) is 2.57. The van der Waals surface area contributed by atoms with Gasteiger partial charge in [0.2, 0.25) is 0 Å². The molecule has 0 spiro atoms. The molecule has 18 heavy (non-hydrogen) atoms. The van der Waals surface area contributed by atoms with Crippen LogP contribution in [0.1, 0.15) is 67.8 Å². The number of hydrogen-bond acceptors (Lipinski definition) is 1. The Hall–Kier alpha value is -0.820. The molecular weight excluding hydrogens is 218 g/mol. The fraction of sp³-hybridized carbons (Fsp3) is 0.647. The van der Waals surface area contributed by atoms with E-state index in [2.05, 4.69) is 52.1 Å². The van der Waals surface area contributed by atoms with E-state index in [0.717, 1.165) is 6.54 Å². The second-order valence-corrected chi connectivity index (χ2v) is 5.40. The molecule has 0 radical (unpaired) electrons. The molecule has 1 nitrogen and oxygen atoms in total. The van der Waals surface area contributed by atoms with Crippen molar-refractivity contribution < 1.29 is 0 Å². The molecule has 1 unspecified atom stereocenters. The van der Waals surface area contributed by atoms with Gasteiger partial charge < -0.3 is 5.32 Å². The van der Waals surface area contributed by atoms with Crippen molar-refractivity contribution in [2.45, 2.75) is 66.3 Å². The summed E-state index contributed by atoms with van der Waals surface area (Å²) in [4.78, 5) is 0. The highest BCUT2D eigenvalue weighted by atomic mass is 14.9. The number of hydrogen-bond donors (Lipinski definition) is 1. The number of nitrogens with one attached hydrogen (secondary N) is 1. The van der Waals surface area contributed by atoms with E-state index in [0.29, 0.717) is 6.04 Å². The Morgan fingerprint density at radius 3 is 2.22 bits per heavy atom. The Morgan fingerprint density at radius 2 is 1.61 bits per heavy atom. The van der Waals surface area contributed by atoms with Gasteiger partial charge in [-0.15, -0.1) is 0 Å². The molecule has 1 N–H and O–H groups in total. The van der Waals surface area contributed by atoms with Gasteiger partial charge in [-0.3, -0.25) is 0 Å². The largest absolute Gasteiger partial charge is 0.310 e. The molecule has 1 rings (SSSR count). The Kier molecular flexibility index (Phi) is 6.42. The predicted molar refractivity (Wildman–Crippen MR) is 81.2 cm³/mol. The molecule has 0 aromatic heterocycles. The van der Waals surface area contributed by atoms with Gasteiger partial charge in [-0.25, -0.2) is 0 Å². The van der Waals surface area contributed by atoms with Crippen LogP contribution < -0.4 is 5.32 Å². The molecule has 1 heteroatoms. The summed E-state index contributed by atoms with van der Waals surface area (Å²) in [6.07, 6.45) is 5.21. The second-order valence-electron chi connectivity index (χ2n) is 5.40. The van der Waals surface area contributed by atoms with Crippen LogP contribution in [0.3, 0.4) is 0 Å². The van der Waals surface area contributed by atoms with Crippen LogP contribution in [0.5, 0.6) is 0 Å². The summed E-state index contributed by atoms with van der Waals surface area (Å²) in [6.45, 7) is 12.2. The normalized spacial score (nSPS) is 12.7. The maximum atomic E-state index is 3.65. The lowest BCUT2D eigenvalue weighted by Gasteiger charge is -2.21. The monoisotopic (exact) mass is 247 g/mol. The van der Waals surface area contributed by atoms with E-state index < -0.39 is 0 Å². The lowest BCUT2D eigenvalue weighted by atomic mass is 9.93. The van der Waals surface area contributed by atoms with E-state index in [1.165, 1.54) is 47.9 Å². The Labute approximate surface area is 113 Å². The van der Waals surface area contributed by atoms with Crippen LogP contribution in [0.4, 0.5) is 0 Å². The molecule has 1 atom stereocenters. The van der Waals surface area contributed by atoms with Crippen LogP contribution in [0, 0.1) is 20.8 Å². The molecule has 0 bridgehead atoms. The average molecular weight is 247 g/mol. The van der Waals surface area contributed by atoms with Crippen molar-refractivity contribution in [3.05, 3.63) is 34.4 Å². The van der Waals surface area contributed by atoms with Gasteiger partial charge in [-0.05, 0) is 56.0 Å². The minimum atomic E-state index is 0.529. The van der Waals surface area contributed by atoms with Gasteiger partial charge in [0.25, 0.3) is 0 Å². The van der Waals surface area contributed by atoms with Crippen LogP contribution in [-0.4, -0.2) is 6.54 Å². The molecule has 0 saturated heterocycles. The molecule has 0 saturated carbocycles. The molecule has 1 aromatic rings. The molecule has 102 valence electrons. The van der Waals surface area contributed by atoms with Crippen molar-refractivity contribution in [2.75, 3.05) is 6.54 Å². The van der Waals surface area contributed by atoms with Crippen LogP contribution in [0.15, 0.2) is 12.1 Å². The van der Waals surface area contributed by atoms with Crippen molar-refractivity contribution >= 4 is 0 Å². The number of benzene rings is 1. The molecule has 0 amide bonds. The quantitative estimate of drug-likeness (QED) is 0.680. The molecular formula is C17H29N. The summed E-state index contributed by atoms with van der Waals surface area (Å²) >= 11 is 0. The van der Waals surface area contributed by atoms with Crippen molar-refractivity contribution in [3.63, 3.8) is 0 Å². The minimum Gasteiger partial charge on any atom is -0.310 e. The third kappa shape index (κ3) is 4.13. The smallest absolute Gasteiger partial charge is 0.0322 e. The Morgan fingerprint density at radius 1 is 0.944 bits per heavy atom. The Bertz CT molecular complexity index is 368. The topological polar surface area (TPSA) is 12.0 Å². The van der Waals surface area contributed by atoms with Gasteiger partial charge in [-0.2, -0.15) is 0 Å². The van der Waals surface area contributed by atoms with Crippen LogP contribution >= 0.6 is 0 Å². The molecule has 0 fully saturated rings. The lowest BCUT2D eigenvalue weighted by molar-refractivity contribution is 0.484. The predicted octanol–water partition coefficient (Wildman–Crippen LogP) is 4.84. The van der Waals surface area contributed by atoms with Crippen molar-refractivity contribution in [2.24, 2.45) is 0 Å². The highest BCUT2D eigenvalue weighted by Gasteiger charge is 2.13. The zero-order valence-electron chi connectivity index (χ0n) is 12.8. The van der Waals surface area contributed by atoms with Crippen LogP contribution in [0.25, 0.3) is 0 Å². The standard InChI is InChI=1S/C17H29N/c1-6-8-9-10-17(18-7-2)16-12-14(4)13(3)11-15(16)5/h11-12,17-18H,6-10H2,1-5H3. The molecule has 0 heterocycles. The van der Waals surface area contributed by atoms with Crippen molar-refractivity contribution in [3.8, 4) is 0 Å². The van der Waals surface area contributed by atoms with Crippen molar-refractivity contribution in [1.29, 1.82) is 0 Å². The number of rotatable bonds is 7. The zero-order chi connectivity index (χ0) is 13.5. The third-order valence-electron chi connectivity index (χ3n) is 3.80. The summed E-state index contributed by atoms with van der Waals surface area (Å²) in [5.74, 6) is 0. The van der Waals surface area contributed by atoms with E-state index in [9.17, 15) is 0 Å². The van der Waals surface area contributed by atoms with E-state index >= 15 is 0 Å². The van der Waals surface area contributed by atoms with Gasteiger partial charge >= 0.3 is 0 Å². The van der Waals surface area contributed by atoms with Gasteiger partial charge in [-0.1, -0.05) is 45.2 Å². The summed E-state index contributed by atoms with van der Waals surface area (Å²) in [6, 6.07) is 5.24. The summed E-state index contributed by atoms with van der Waals surface area (Å²) in [5.41, 5.74) is 5.74. The molecule has 0 aliphatic heterocycles. The summed E-state index contributed by atoms with van der Waals surface area (Å²) in [7, 11) is 0. The minimum absolute atomic E-state index is 0.529. The molecule has 0 aliphatic rings. The first-order chi connectivity index (χ1) is 8.60. The zero-order valence-corrected chi connectivity index (χ0v) is 12.8. The third-order valence-corrected chi connectivity index (χ3v) is 3.80. The van der Waals surface area contributed by atoms with E-state index in [1.54, 1.807) is 0 Å². The highest BCUT2D eigenvalue weighted by Crippen LogP contribution is 2.25. The first kappa shape index (κ1) is 15.2. The summed E-state index contributed by atoms with van der Waals surface area (Å²) in [5, 5.41) is 3.65. The highest BCUT2D eigenvalue weighted by molar-refractivity contribution is 5.38. The average Bonchev–Trinajstić information content (AvgIpc) is 2.33.